The summed E-state index contributed by atoms with van der Waals surface area (Å²) in [5.41, 5.74) is 0.384. The van der Waals surface area contributed by atoms with E-state index in [4.69, 9.17) is 0 Å². The second-order valence-electron chi connectivity index (χ2n) is 4.96. The summed E-state index contributed by atoms with van der Waals surface area (Å²) in [7, 11) is 0. The largest absolute Gasteiger partial charge is 0.348 e. The predicted molar refractivity (Wildman–Crippen MR) is 72.9 cm³/mol. The number of carbonyl (C=O) groups is 1. The first-order valence-electron chi connectivity index (χ1n) is 6.75. The molecular formula is C13H21N5O. The average Bonchev–Trinajstić information content (AvgIpc) is 2.89. The van der Waals surface area contributed by atoms with Gasteiger partial charge in [-0.25, -0.2) is 4.68 Å². The molecule has 1 aliphatic heterocycles. The molecule has 1 aromatic rings. The number of hydrogen-bond acceptors (Lipinski definition) is 4. The number of nitrogens with zero attached hydrogens (tertiary/aromatic N) is 3. The lowest BCUT2D eigenvalue weighted by molar-refractivity contribution is 0.0935. The Balaban J connectivity index is 1.95. The van der Waals surface area contributed by atoms with Crippen molar-refractivity contribution in [2.24, 2.45) is 0 Å². The Labute approximate surface area is 113 Å². The monoisotopic (exact) mass is 263 g/mol. The highest BCUT2D eigenvalue weighted by atomic mass is 16.2. The third kappa shape index (κ3) is 3.64. The van der Waals surface area contributed by atoms with Gasteiger partial charge in [0.25, 0.3) is 5.91 Å². The third-order valence-electron chi connectivity index (χ3n) is 3.32. The SMILES string of the molecule is C=CCC(C)NC(=O)c1cn(C2CCNCC2)nn1. The second-order valence-corrected chi connectivity index (χ2v) is 4.96. The summed E-state index contributed by atoms with van der Waals surface area (Å²) >= 11 is 0. The zero-order chi connectivity index (χ0) is 13.7. The maximum atomic E-state index is 12.0. The van der Waals surface area contributed by atoms with Crippen molar-refractivity contribution < 1.29 is 4.79 Å². The Morgan fingerprint density at radius 1 is 1.68 bits per heavy atom. The van der Waals surface area contributed by atoms with Gasteiger partial charge in [0.1, 0.15) is 0 Å². The number of amides is 1. The first-order valence-corrected chi connectivity index (χ1v) is 6.75. The maximum Gasteiger partial charge on any atom is 0.273 e. The van der Waals surface area contributed by atoms with Crippen molar-refractivity contribution in [2.75, 3.05) is 13.1 Å². The van der Waals surface area contributed by atoms with Gasteiger partial charge < -0.3 is 10.6 Å². The summed E-state index contributed by atoms with van der Waals surface area (Å²) in [4.78, 5) is 12.0. The van der Waals surface area contributed by atoms with Crippen LogP contribution in [-0.2, 0) is 0 Å². The molecule has 2 N–H and O–H groups in total. The highest BCUT2D eigenvalue weighted by Crippen LogP contribution is 2.16. The van der Waals surface area contributed by atoms with Crippen molar-refractivity contribution in [3.63, 3.8) is 0 Å². The van der Waals surface area contributed by atoms with Gasteiger partial charge in [0.2, 0.25) is 0 Å². The molecule has 0 aliphatic carbocycles. The molecule has 1 saturated heterocycles. The summed E-state index contributed by atoms with van der Waals surface area (Å²) in [5, 5.41) is 14.2. The van der Waals surface area contributed by atoms with Crippen LogP contribution in [0.25, 0.3) is 0 Å². The zero-order valence-corrected chi connectivity index (χ0v) is 11.3. The van der Waals surface area contributed by atoms with Crippen LogP contribution in [0, 0.1) is 0 Å². The molecule has 0 radical (unpaired) electrons. The number of carbonyl (C=O) groups excluding carboxylic acids is 1. The summed E-state index contributed by atoms with van der Waals surface area (Å²) in [6.45, 7) is 7.57. The molecule has 1 atom stereocenters. The van der Waals surface area contributed by atoms with Crippen LogP contribution in [-0.4, -0.2) is 40.0 Å². The Hall–Kier alpha value is -1.69. The first-order chi connectivity index (χ1) is 9.20. The van der Waals surface area contributed by atoms with E-state index in [1.807, 2.05) is 11.6 Å². The molecule has 104 valence electrons. The van der Waals surface area contributed by atoms with E-state index in [2.05, 4.69) is 27.5 Å². The molecule has 1 aromatic heterocycles. The number of piperidine rings is 1. The van der Waals surface area contributed by atoms with E-state index in [-0.39, 0.29) is 11.9 Å². The van der Waals surface area contributed by atoms with Crippen LogP contribution in [0.2, 0.25) is 0 Å². The Morgan fingerprint density at radius 3 is 3.11 bits per heavy atom. The molecule has 1 fully saturated rings. The van der Waals surface area contributed by atoms with Crippen LogP contribution in [0.1, 0.15) is 42.7 Å². The first kappa shape index (κ1) is 13.7. The van der Waals surface area contributed by atoms with Gasteiger partial charge in [0.05, 0.1) is 12.2 Å². The average molecular weight is 263 g/mol. The van der Waals surface area contributed by atoms with Crippen LogP contribution in [0.5, 0.6) is 0 Å². The van der Waals surface area contributed by atoms with Gasteiger partial charge in [-0.2, -0.15) is 0 Å². The van der Waals surface area contributed by atoms with Crippen LogP contribution in [0.3, 0.4) is 0 Å². The summed E-state index contributed by atoms with van der Waals surface area (Å²) in [5.74, 6) is -0.172. The van der Waals surface area contributed by atoms with E-state index >= 15 is 0 Å². The maximum absolute atomic E-state index is 12.0. The fourth-order valence-corrected chi connectivity index (χ4v) is 2.24. The molecule has 19 heavy (non-hydrogen) atoms. The molecule has 0 bridgehead atoms. The van der Waals surface area contributed by atoms with Crippen molar-refractivity contribution in [1.82, 2.24) is 25.6 Å². The number of rotatable bonds is 5. The normalized spacial score (nSPS) is 17.9. The van der Waals surface area contributed by atoms with Crippen molar-refractivity contribution >= 4 is 5.91 Å². The highest BCUT2D eigenvalue weighted by molar-refractivity contribution is 5.92. The van der Waals surface area contributed by atoms with Crippen LogP contribution in [0.4, 0.5) is 0 Å². The number of nitrogens with one attached hydrogen (secondary N) is 2. The molecule has 1 unspecified atom stereocenters. The minimum Gasteiger partial charge on any atom is -0.348 e. The van der Waals surface area contributed by atoms with E-state index in [9.17, 15) is 4.79 Å². The quantitative estimate of drug-likeness (QED) is 0.774. The van der Waals surface area contributed by atoms with Crippen molar-refractivity contribution in [3.05, 3.63) is 24.5 Å². The molecule has 0 saturated carbocycles. The molecule has 6 nitrogen and oxygen atoms in total. The van der Waals surface area contributed by atoms with Crippen molar-refractivity contribution in [3.8, 4) is 0 Å². The third-order valence-corrected chi connectivity index (χ3v) is 3.32. The Kier molecular flexibility index (Phi) is 4.68. The lowest BCUT2D eigenvalue weighted by atomic mass is 10.1. The van der Waals surface area contributed by atoms with Crippen LogP contribution < -0.4 is 10.6 Å². The minimum absolute atomic E-state index is 0.0639. The molecule has 1 amide bonds. The minimum atomic E-state index is -0.172. The Morgan fingerprint density at radius 2 is 2.42 bits per heavy atom. The molecule has 0 aromatic carbocycles. The van der Waals surface area contributed by atoms with E-state index in [0.717, 1.165) is 32.4 Å². The van der Waals surface area contributed by atoms with E-state index in [1.165, 1.54) is 0 Å². The summed E-state index contributed by atoms with van der Waals surface area (Å²) in [6, 6.07) is 0.412. The molecule has 2 rings (SSSR count). The topological polar surface area (TPSA) is 71.8 Å². The molecule has 0 spiro atoms. The van der Waals surface area contributed by atoms with Crippen LogP contribution in [0.15, 0.2) is 18.9 Å². The molecule has 1 aliphatic rings. The summed E-state index contributed by atoms with van der Waals surface area (Å²) < 4.78 is 1.81. The van der Waals surface area contributed by atoms with E-state index in [1.54, 1.807) is 12.3 Å². The number of hydrogen-bond donors (Lipinski definition) is 2. The van der Waals surface area contributed by atoms with Gasteiger partial charge in [-0.15, -0.1) is 11.7 Å². The Bertz CT molecular complexity index is 436. The fourth-order valence-electron chi connectivity index (χ4n) is 2.24. The van der Waals surface area contributed by atoms with Crippen LogP contribution >= 0.6 is 0 Å². The lowest BCUT2D eigenvalue weighted by Gasteiger charge is -2.22. The van der Waals surface area contributed by atoms with Gasteiger partial charge in [-0.1, -0.05) is 11.3 Å². The van der Waals surface area contributed by atoms with E-state index in [0.29, 0.717) is 11.7 Å². The molecule has 2 heterocycles. The smallest absolute Gasteiger partial charge is 0.273 e. The lowest BCUT2D eigenvalue weighted by Crippen LogP contribution is -2.32. The second kappa shape index (κ2) is 6.47. The predicted octanol–water partition coefficient (Wildman–Crippen LogP) is 0.897. The van der Waals surface area contributed by atoms with Crippen molar-refractivity contribution in [1.29, 1.82) is 0 Å². The van der Waals surface area contributed by atoms with Gasteiger partial charge in [0, 0.05) is 6.04 Å². The van der Waals surface area contributed by atoms with Gasteiger partial charge >= 0.3 is 0 Å². The van der Waals surface area contributed by atoms with E-state index < -0.39 is 0 Å². The van der Waals surface area contributed by atoms with Gasteiger partial charge in [0.15, 0.2) is 5.69 Å². The molecular weight excluding hydrogens is 242 g/mol. The van der Waals surface area contributed by atoms with Gasteiger partial charge in [-0.3, -0.25) is 4.79 Å². The standard InChI is InChI=1S/C13H21N5O/c1-3-4-10(2)15-13(19)12-9-18(17-16-12)11-5-7-14-8-6-11/h3,9-11,14H,1,4-8H2,2H3,(H,15,19). The highest BCUT2D eigenvalue weighted by Gasteiger charge is 2.19. The zero-order valence-electron chi connectivity index (χ0n) is 11.3. The summed E-state index contributed by atoms with van der Waals surface area (Å²) in [6.07, 6.45) is 6.32. The van der Waals surface area contributed by atoms with Gasteiger partial charge in [-0.05, 0) is 39.3 Å². The molecule has 6 heteroatoms. The number of aromatic nitrogens is 3. The fraction of sp³-hybridized carbons (Fsp3) is 0.615. The van der Waals surface area contributed by atoms with Crippen molar-refractivity contribution in [2.45, 2.75) is 38.3 Å².